The number of hydrogen-bond acceptors (Lipinski definition) is 3. The van der Waals surface area contributed by atoms with Gasteiger partial charge in [0.15, 0.2) is 0 Å². The zero-order valence-electron chi connectivity index (χ0n) is 38.5. The molecule has 7 heteroatoms. The Kier molecular flexibility index (Phi) is 10.2. The summed E-state index contributed by atoms with van der Waals surface area (Å²) in [6.07, 6.45) is 3.72. The van der Waals surface area contributed by atoms with Crippen LogP contribution in [0.3, 0.4) is 0 Å². The molecule has 4 aromatic heterocycles. The van der Waals surface area contributed by atoms with Gasteiger partial charge in [0.25, 0.3) is 0 Å². The standard InChI is InChI=1S/C52H56N2OSe2Si2/c1-51(2,3)39-25-37(47-49-35(21-23-53-47)29-45(56-49)33-13-17-43(18-14-33)58(7,8)9)27-41(31-39)55-42-28-38(26-40(32-42)52(4,5)6)48-50-36(22-24-54-48)30-46(57-50)34-15-19-44(20-16-34)59(10,11)12/h13-32H,1-12H3/i29D,30D. The molecule has 0 radical (unpaired) electrons. The van der Waals surface area contributed by atoms with Crippen molar-refractivity contribution in [1.82, 2.24) is 9.97 Å². The fourth-order valence-electron chi connectivity index (χ4n) is 7.31. The van der Waals surface area contributed by atoms with Crippen LogP contribution in [0.1, 0.15) is 55.4 Å². The summed E-state index contributed by atoms with van der Waals surface area (Å²) in [6, 6.07) is 36.3. The molecule has 0 fully saturated rings. The third-order valence-corrected chi connectivity index (χ3v) is 20.1. The quantitative estimate of drug-likeness (QED) is 0.142. The predicted octanol–water partition coefficient (Wildman–Crippen LogP) is 13.0. The van der Waals surface area contributed by atoms with Crippen molar-refractivity contribution < 1.29 is 7.48 Å². The molecule has 0 spiro atoms. The van der Waals surface area contributed by atoms with Gasteiger partial charge < -0.3 is 0 Å². The second kappa shape index (κ2) is 15.4. The van der Waals surface area contributed by atoms with E-state index in [4.69, 9.17) is 14.7 Å². The van der Waals surface area contributed by atoms with Crippen LogP contribution in [0.5, 0.6) is 11.5 Å². The first-order valence-electron chi connectivity index (χ1n) is 21.5. The molecule has 0 aliphatic heterocycles. The molecule has 8 rings (SSSR count). The van der Waals surface area contributed by atoms with Crippen molar-refractivity contribution in [3.8, 4) is 54.0 Å². The van der Waals surface area contributed by atoms with Crippen molar-refractivity contribution in [1.29, 1.82) is 0 Å². The number of nitrogens with zero attached hydrogens (tertiary/aromatic N) is 2. The van der Waals surface area contributed by atoms with Gasteiger partial charge in [-0.05, 0) is 0 Å². The normalized spacial score (nSPS) is 13.2. The number of benzene rings is 4. The molecule has 0 saturated heterocycles. The van der Waals surface area contributed by atoms with Gasteiger partial charge in [0, 0.05) is 0 Å². The molecule has 3 nitrogen and oxygen atoms in total. The number of hydrogen-bond donors (Lipinski definition) is 0. The van der Waals surface area contributed by atoms with Gasteiger partial charge in [0.05, 0.1) is 0 Å². The SMILES string of the molecule is [2H]c1c(-c2ccc([Si](C)(C)C)cc2)[se]c2c(-c3cc(Oc4cc(-c5nccc6c([2H])c(-c7ccc([Si](C)(C)C)cc7)[se]c56)cc(C(C)(C)C)c4)cc(C(C)(C)C)c3)nccc12. The summed E-state index contributed by atoms with van der Waals surface area (Å²) in [5, 5.41) is 4.80. The van der Waals surface area contributed by atoms with Crippen LogP contribution in [0.4, 0.5) is 0 Å². The fraction of sp³-hybridized carbons (Fsp3) is 0.269. The van der Waals surface area contributed by atoms with Crippen LogP contribution in [0.15, 0.2) is 122 Å². The molecular weight excluding hydrogens is 883 g/mol. The monoisotopic (exact) mass is 942 g/mol. The Morgan fingerprint density at radius 2 is 0.864 bits per heavy atom. The van der Waals surface area contributed by atoms with Crippen LogP contribution in [0.2, 0.25) is 39.3 Å². The Labute approximate surface area is 368 Å². The molecule has 0 aliphatic carbocycles. The van der Waals surface area contributed by atoms with Crippen molar-refractivity contribution in [3.63, 3.8) is 0 Å². The van der Waals surface area contributed by atoms with Crippen LogP contribution >= 0.6 is 0 Å². The topological polar surface area (TPSA) is 35.0 Å². The Hall–Kier alpha value is -4.07. The van der Waals surface area contributed by atoms with Gasteiger partial charge in [-0.15, -0.1) is 0 Å². The van der Waals surface area contributed by atoms with Crippen LogP contribution in [0.25, 0.3) is 61.8 Å². The van der Waals surface area contributed by atoms with Crippen molar-refractivity contribution in [2.75, 3.05) is 0 Å². The van der Waals surface area contributed by atoms with Crippen molar-refractivity contribution in [2.45, 2.75) is 91.7 Å². The molecule has 4 heterocycles. The van der Waals surface area contributed by atoms with Gasteiger partial charge in [-0.1, -0.05) is 0 Å². The summed E-state index contributed by atoms with van der Waals surface area (Å²) in [4.78, 5) is 10.0. The maximum atomic E-state index is 9.31. The zero-order valence-corrected chi connectivity index (χ0v) is 41.9. The molecule has 0 bridgehead atoms. The van der Waals surface area contributed by atoms with Crippen LogP contribution in [0, 0.1) is 0 Å². The number of pyridine rings is 2. The molecular formula is C52H56N2OSe2Si2. The van der Waals surface area contributed by atoms with E-state index in [2.05, 4.69) is 166 Å². The Morgan fingerprint density at radius 3 is 1.20 bits per heavy atom. The molecule has 8 aromatic rings. The Morgan fingerprint density at radius 1 is 0.492 bits per heavy atom. The molecule has 0 N–H and O–H groups in total. The van der Waals surface area contributed by atoms with E-state index in [1.54, 1.807) is 0 Å². The summed E-state index contributed by atoms with van der Waals surface area (Å²) in [5.41, 5.74) is 8.13. The Balaban J connectivity index is 1.22. The first-order chi connectivity index (χ1) is 28.6. The summed E-state index contributed by atoms with van der Waals surface area (Å²) in [7, 11) is -2.87. The first kappa shape index (κ1) is 39.1. The van der Waals surface area contributed by atoms with Crippen molar-refractivity contribution in [3.05, 3.63) is 133 Å². The Bertz CT molecular complexity index is 2740. The average molecular weight is 941 g/mol. The molecule has 300 valence electrons. The molecule has 0 saturated carbocycles. The van der Waals surface area contributed by atoms with E-state index < -0.39 is 16.1 Å². The van der Waals surface area contributed by atoms with Crippen molar-refractivity contribution >= 4 is 74.8 Å². The number of rotatable bonds is 8. The molecule has 0 aliphatic rings. The van der Waals surface area contributed by atoms with Gasteiger partial charge in [0.2, 0.25) is 0 Å². The summed E-state index contributed by atoms with van der Waals surface area (Å²) >= 11 is -0.165. The molecule has 0 unspecified atom stereocenters. The van der Waals surface area contributed by atoms with E-state index in [0.717, 1.165) is 84.4 Å². The zero-order chi connectivity index (χ0) is 43.8. The maximum absolute atomic E-state index is 9.31. The van der Waals surface area contributed by atoms with Gasteiger partial charge >= 0.3 is 371 Å². The van der Waals surface area contributed by atoms with E-state index >= 15 is 0 Å². The van der Waals surface area contributed by atoms with E-state index in [9.17, 15) is 2.74 Å². The van der Waals surface area contributed by atoms with Gasteiger partial charge in [-0.25, -0.2) is 0 Å². The fourth-order valence-corrected chi connectivity index (χ4v) is 14.3. The van der Waals surface area contributed by atoms with Crippen LogP contribution in [-0.4, -0.2) is 55.1 Å². The minimum absolute atomic E-state index is 0.0825. The van der Waals surface area contributed by atoms with E-state index in [1.165, 1.54) is 10.4 Å². The van der Waals surface area contributed by atoms with Gasteiger partial charge in [-0.3, -0.25) is 0 Å². The minimum atomic E-state index is -1.43. The van der Waals surface area contributed by atoms with Crippen LogP contribution in [-0.2, 0) is 10.8 Å². The molecule has 59 heavy (non-hydrogen) atoms. The van der Waals surface area contributed by atoms with E-state index in [0.29, 0.717) is 12.1 Å². The summed E-state index contributed by atoms with van der Waals surface area (Å²) < 4.78 is 30.1. The van der Waals surface area contributed by atoms with Crippen LogP contribution < -0.4 is 15.1 Å². The third kappa shape index (κ3) is 8.89. The molecule has 0 amide bonds. The second-order valence-corrected chi connectivity index (χ2v) is 34.4. The number of fused-ring (bicyclic) bond motifs is 2. The summed E-state index contributed by atoms with van der Waals surface area (Å²) in [5.74, 6) is 1.50. The summed E-state index contributed by atoms with van der Waals surface area (Å²) in [6.45, 7) is 27.6. The second-order valence-electron chi connectivity index (χ2n) is 19.9. The van der Waals surface area contributed by atoms with Gasteiger partial charge in [0.1, 0.15) is 0 Å². The predicted molar refractivity (Wildman–Crippen MR) is 263 cm³/mol. The van der Waals surface area contributed by atoms with Crippen molar-refractivity contribution in [2.24, 2.45) is 0 Å². The van der Waals surface area contributed by atoms with E-state index in [1.807, 2.05) is 24.5 Å². The van der Waals surface area contributed by atoms with E-state index in [-0.39, 0.29) is 39.8 Å². The molecule has 4 aromatic carbocycles. The third-order valence-electron chi connectivity index (χ3n) is 11.1. The average Bonchev–Trinajstić information content (AvgIpc) is 3.72. The number of aromatic nitrogens is 2. The first-order valence-corrected chi connectivity index (χ1v) is 31.0. The van der Waals surface area contributed by atoms with Gasteiger partial charge in [-0.2, -0.15) is 0 Å². The number of ether oxygens (including phenoxy) is 1. The molecule has 0 atom stereocenters.